The molecule has 1 unspecified atom stereocenters. The Hall–Kier alpha value is -2.26. The Morgan fingerprint density at radius 3 is 2.34 bits per heavy atom. The largest absolute Gasteiger partial charge is 0.513 e. The highest BCUT2D eigenvalue weighted by molar-refractivity contribution is 6.37. The second kappa shape index (κ2) is 14.3. The minimum Gasteiger partial charge on any atom is -0.489 e. The summed E-state index contributed by atoms with van der Waals surface area (Å²) in [6, 6.07) is 5.20. The molecule has 194 valence electrons. The van der Waals surface area contributed by atoms with Gasteiger partial charge in [0.2, 0.25) is 5.60 Å². The summed E-state index contributed by atoms with van der Waals surface area (Å²) in [6.07, 6.45) is 3.63. The fourth-order valence-electron chi connectivity index (χ4n) is 3.61. The van der Waals surface area contributed by atoms with E-state index >= 15 is 0 Å². The molecule has 1 aromatic carbocycles. The second-order valence-corrected chi connectivity index (χ2v) is 8.70. The molecule has 1 aromatic rings. The van der Waals surface area contributed by atoms with Crippen LogP contribution in [0.3, 0.4) is 0 Å². The van der Waals surface area contributed by atoms with Gasteiger partial charge in [0.1, 0.15) is 6.61 Å². The van der Waals surface area contributed by atoms with Crippen molar-refractivity contribution in [3.8, 4) is 5.75 Å². The summed E-state index contributed by atoms with van der Waals surface area (Å²) in [7, 11) is 0. The van der Waals surface area contributed by atoms with Crippen molar-refractivity contribution >= 4 is 35.3 Å². The average molecular weight is 530 g/mol. The van der Waals surface area contributed by atoms with Gasteiger partial charge in [-0.25, -0.2) is 9.59 Å². The maximum atomic E-state index is 12.6. The van der Waals surface area contributed by atoms with E-state index in [0.717, 1.165) is 18.5 Å². The number of ether oxygens (including phenoxy) is 4. The van der Waals surface area contributed by atoms with Gasteiger partial charge in [-0.2, -0.15) is 0 Å². The molecule has 1 aliphatic carbocycles. The Morgan fingerprint density at radius 1 is 1.03 bits per heavy atom. The van der Waals surface area contributed by atoms with E-state index in [0.29, 0.717) is 41.9 Å². The van der Waals surface area contributed by atoms with Crippen LogP contribution in [0, 0.1) is 0 Å². The monoisotopic (exact) mass is 529 g/mol. The number of rotatable bonds is 13. The number of hydrogen-bond donors (Lipinski definition) is 1. The third-order valence-electron chi connectivity index (χ3n) is 5.29. The molecule has 2 rings (SSSR count). The predicted molar refractivity (Wildman–Crippen MR) is 134 cm³/mol. The van der Waals surface area contributed by atoms with E-state index < -0.39 is 17.7 Å². The number of carbonyl (C=O) groups is 2. The Kier molecular flexibility index (Phi) is 11.9. The summed E-state index contributed by atoms with van der Waals surface area (Å²) >= 11 is 12.3. The quantitative estimate of drug-likeness (QED) is 0.350. The van der Waals surface area contributed by atoms with Crippen LogP contribution in [0.1, 0.15) is 40.0 Å². The molecule has 35 heavy (non-hydrogen) atoms. The van der Waals surface area contributed by atoms with Crippen molar-refractivity contribution in [1.29, 1.82) is 0 Å². The van der Waals surface area contributed by atoms with Crippen molar-refractivity contribution in [1.82, 2.24) is 4.90 Å². The lowest BCUT2D eigenvalue weighted by molar-refractivity contribution is -0.164. The lowest BCUT2D eigenvalue weighted by atomic mass is 9.86. The van der Waals surface area contributed by atoms with Gasteiger partial charge in [0.25, 0.3) is 0 Å². The highest BCUT2D eigenvalue weighted by Gasteiger charge is 2.46. The van der Waals surface area contributed by atoms with Gasteiger partial charge in [-0.05, 0) is 51.4 Å². The molecule has 0 saturated heterocycles. The first kappa shape index (κ1) is 29.0. The van der Waals surface area contributed by atoms with Gasteiger partial charge in [0.05, 0.1) is 23.3 Å². The molecule has 0 bridgehead atoms. The molecule has 0 aromatic heterocycles. The van der Waals surface area contributed by atoms with Crippen LogP contribution >= 0.6 is 23.2 Å². The molecule has 1 atom stereocenters. The van der Waals surface area contributed by atoms with Crippen molar-refractivity contribution in [2.24, 2.45) is 0 Å². The van der Waals surface area contributed by atoms with Gasteiger partial charge < -0.3 is 24.1 Å². The zero-order valence-electron chi connectivity index (χ0n) is 20.4. The molecule has 0 heterocycles. The number of nitrogens with zero attached hydrogens (tertiary/aromatic N) is 1. The normalized spacial score (nSPS) is 17.5. The van der Waals surface area contributed by atoms with E-state index in [1.54, 1.807) is 38.1 Å². The van der Waals surface area contributed by atoms with Crippen LogP contribution in [0.15, 0.2) is 41.7 Å². The van der Waals surface area contributed by atoms with Gasteiger partial charge in [0, 0.05) is 19.5 Å². The van der Waals surface area contributed by atoms with Crippen molar-refractivity contribution in [2.75, 3.05) is 39.5 Å². The lowest BCUT2D eigenvalue weighted by Gasteiger charge is -2.31. The van der Waals surface area contributed by atoms with Crippen LogP contribution in [0.25, 0.3) is 0 Å². The van der Waals surface area contributed by atoms with E-state index in [2.05, 4.69) is 11.8 Å². The maximum absolute atomic E-state index is 12.6. The summed E-state index contributed by atoms with van der Waals surface area (Å²) in [6.45, 7) is 8.06. The average Bonchev–Trinajstić information content (AvgIpc) is 2.81. The summed E-state index contributed by atoms with van der Waals surface area (Å²) < 4.78 is 20.7. The molecular weight excluding hydrogens is 497 g/mol. The SMILES string of the molecule is CCCN(CCOc1c(Cl)cccc1Cl)CCC1=CC=C(OC(=O)OCC)C(O)(C(=O)OCC)C1. The summed E-state index contributed by atoms with van der Waals surface area (Å²) in [5, 5.41) is 12.0. The van der Waals surface area contributed by atoms with E-state index in [1.807, 2.05) is 0 Å². The minimum absolute atomic E-state index is 0.0528. The number of carbonyl (C=O) groups excluding carboxylic acids is 2. The number of benzene rings is 1. The Labute approximate surface area is 216 Å². The molecule has 1 N–H and O–H groups in total. The highest BCUT2D eigenvalue weighted by Crippen LogP contribution is 2.34. The molecule has 0 radical (unpaired) electrons. The number of halogens is 2. The van der Waals surface area contributed by atoms with Crippen LogP contribution in [0.4, 0.5) is 4.79 Å². The van der Waals surface area contributed by atoms with Crippen molar-refractivity contribution in [3.63, 3.8) is 0 Å². The van der Waals surface area contributed by atoms with Gasteiger partial charge in [-0.3, -0.25) is 4.90 Å². The molecule has 8 nitrogen and oxygen atoms in total. The molecule has 1 aliphatic rings. The first-order chi connectivity index (χ1) is 16.7. The molecule has 0 fully saturated rings. The number of aliphatic hydroxyl groups is 1. The number of hydrogen-bond acceptors (Lipinski definition) is 8. The Morgan fingerprint density at radius 2 is 1.71 bits per heavy atom. The van der Waals surface area contributed by atoms with E-state index in [4.69, 9.17) is 42.1 Å². The topological polar surface area (TPSA) is 94.5 Å². The lowest BCUT2D eigenvalue weighted by Crippen LogP contribution is -2.45. The van der Waals surface area contributed by atoms with Gasteiger partial charge in [-0.1, -0.05) is 47.8 Å². The van der Waals surface area contributed by atoms with Crippen molar-refractivity contribution in [3.05, 3.63) is 51.7 Å². The fraction of sp³-hybridized carbons (Fsp3) is 0.520. The Balaban J connectivity index is 2.04. The summed E-state index contributed by atoms with van der Waals surface area (Å²) in [5.74, 6) is -0.633. The second-order valence-electron chi connectivity index (χ2n) is 7.89. The first-order valence-corrected chi connectivity index (χ1v) is 12.4. The Bertz CT molecular complexity index is 914. The zero-order valence-corrected chi connectivity index (χ0v) is 21.9. The highest BCUT2D eigenvalue weighted by atomic mass is 35.5. The summed E-state index contributed by atoms with van der Waals surface area (Å²) in [5.41, 5.74) is -1.29. The van der Waals surface area contributed by atoms with Gasteiger partial charge in [0.15, 0.2) is 11.5 Å². The molecule has 0 aliphatic heterocycles. The van der Waals surface area contributed by atoms with Crippen molar-refractivity contribution in [2.45, 2.75) is 45.6 Å². The van der Waals surface area contributed by atoms with Crippen LogP contribution < -0.4 is 4.74 Å². The number of esters is 1. The fourth-order valence-corrected chi connectivity index (χ4v) is 4.11. The number of allylic oxidation sites excluding steroid dienone is 2. The molecule has 10 heteroatoms. The van der Waals surface area contributed by atoms with Gasteiger partial charge in [-0.15, -0.1) is 0 Å². The smallest absolute Gasteiger partial charge is 0.489 e. The molecule has 0 saturated carbocycles. The molecule has 0 spiro atoms. The predicted octanol–water partition coefficient (Wildman–Crippen LogP) is 5.16. The summed E-state index contributed by atoms with van der Waals surface area (Å²) in [4.78, 5) is 26.6. The van der Waals surface area contributed by atoms with Crippen molar-refractivity contribution < 1.29 is 33.6 Å². The van der Waals surface area contributed by atoms with E-state index in [9.17, 15) is 14.7 Å². The minimum atomic E-state index is -2.10. The van der Waals surface area contributed by atoms with E-state index in [1.165, 1.54) is 6.08 Å². The standard InChI is InChI=1S/C25H33Cl2NO7/c1-4-13-28(15-16-34-22-19(26)8-7-9-20(22)27)14-12-18-10-11-21(35-24(30)33-6-3)25(31,17-18)23(29)32-5-2/h7-11,31H,4-6,12-17H2,1-3H3. The first-order valence-electron chi connectivity index (χ1n) is 11.7. The van der Waals surface area contributed by atoms with Crippen LogP contribution in [-0.4, -0.2) is 67.2 Å². The van der Waals surface area contributed by atoms with Crippen LogP contribution in [0.2, 0.25) is 10.0 Å². The van der Waals surface area contributed by atoms with E-state index in [-0.39, 0.29) is 25.4 Å². The number of para-hydroxylation sites is 1. The van der Waals surface area contributed by atoms with Crippen LogP contribution in [0.5, 0.6) is 5.75 Å². The third kappa shape index (κ3) is 8.42. The molecule has 0 amide bonds. The van der Waals surface area contributed by atoms with Gasteiger partial charge >= 0.3 is 12.1 Å². The third-order valence-corrected chi connectivity index (χ3v) is 5.89. The maximum Gasteiger partial charge on any atom is 0.513 e. The van der Waals surface area contributed by atoms with Crippen LogP contribution in [-0.2, 0) is 19.0 Å². The molecular formula is C25H33Cl2NO7. The zero-order chi connectivity index (χ0) is 25.8.